The molecule has 0 radical (unpaired) electrons. The molecule has 0 aromatic heterocycles. The van der Waals surface area contributed by atoms with E-state index >= 15 is 0 Å². The van der Waals surface area contributed by atoms with Gasteiger partial charge in [0.25, 0.3) is 0 Å². The van der Waals surface area contributed by atoms with Crippen molar-refractivity contribution < 1.29 is 4.74 Å². The second kappa shape index (κ2) is 7.17. The third kappa shape index (κ3) is 4.27. The first-order valence-corrected chi connectivity index (χ1v) is 6.42. The van der Waals surface area contributed by atoms with Crippen LogP contribution in [-0.4, -0.2) is 26.3 Å². The zero-order valence-electron chi connectivity index (χ0n) is 11.1. The standard InChI is InChI=1S/C12H18N2O.C2H6/c1-15-9-8-14(12-6-7-12)11-4-2-10(13)3-5-11;1-2/h2-5,12H,6-9,13H2,1H3;1-2H3. The van der Waals surface area contributed by atoms with E-state index in [-0.39, 0.29) is 0 Å². The van der Waals surface area contributed by atoms with Crippen molar-refractivity contribution in [2.45, 2.75) is 32.7 Å². The fourth-order valence-corrected chi connectivity index (χ4v) is 1.76. The van der Waals surface area contributed by atoms with Gasteiger partial charge in [0.2, 0.25) is 0 Å². The highest BCUT2D eigenvalue weighted by Gasteiger charge is 2.28. The Labute approximate surface area is 105 Å². The molecule has 1 aromatic carbocycles. The SMILES string of the molecule is CC.COCCN(c1ccc(N)cc1)C1CC1. The van der Waals surface area contributed by atoms with E-state index in [9.17, 15) is 0 Å². The first-order chi connectivity index (χ1) is 8.31. The molecule has 17 heavy (non-hydrogen) atoms. The third-order valence-electron chi connectivity index (χ3n) is 2.75. The molecule has 0 unspecified atom stereocenters. The average molecular weight is 236 g/mol. The van der Waals surface area contributed by atoms with Gasteiger partial charge in [-0.05, 0) is 37.1 Å². The second-order valence-electron chi connectivity index (χ2n) is 4.01. The quantitative estimate of drug-likeness (QED) is 0.799. The summed E-state index contributed by atoms with van der Waals surface area (Å²) < 4.78 is 5.13. The van der Waals surface area contributed by atoms with Crippen LogP contribution < -0.4 is 10.6 Å². The molecule has 0 amide bonds. The summed E-state index contributed by atoms with van der Waals surface area (Å²) >= 11 is 0. The maximum atomic E-state index is 5.68. The molecule has 1 aliphatic carbocycles. The van der Waals surface area contributed by atoms with E-state index in [4.69, 9.17) is 10.5 Å². The monoisotopic (exact) mass is 236 g/mol. The van der Waals surface area contributed by atoms with Crippen molar-refractivity contribution in [2.24, 2.45) is 0 Å². The summed E-state index contributed by atoms with van der Waals surface area (Å²) in [5.74, 6) is 0. The molecule has 2 N–H and O–H groups in total. The number of benzene rings is 1. The predicted octanol–water partition coefficient (Wildman–Crippen LogP) is 2.91. The van der Waals surface area contributed by atoms with Gasteiger partial charge >= 0.3 is 0 Å². The Morgan fingerprint density at radius 2 is 1.82 bits per heavy atom. The topological polar surface area (TPSA) is 38.5 Å². The van der Waals surface area contributed by atoms with Gasteiger partial charge < -0.3 is 15.4 Å². The molecule has 1 saturated carbocycles. The van der Waals surface area contributed by atoms with E-state index in [2.05, 4.69) is 17.0 Å². The van der Waals surface area contributed by atoms with Crippen LogP contribution in [0.1, 0.15) is 26.7 Å². The Kier molecular flexibility index (Phi) is 5.84. The lowest BCUT2D eigenvalue weighted by atomic mass is 10.2. The van der Waals surface area contributed by atoms with E-state index in [0.717, 1.165) is 18.8 Å². The van der Waals surface area contributed by atoms with Crippen LogP contribution in [0.4, 0.5) is 11.4 Å². The van der Waals surface area contributed by atoms with E-state index in [1.165, 1.54) is 18.5 Å². The van der Waals surface area contributed by atoms with Crippen LogP contribution in [0.2, 0.25) is 0 Å². The maximum Gasteiger partial charge on any atom is 0.0637 e. The van der Waals surface area contributed by atoms with E-state index in [0.29, 0.717) is 6.04 Å². The van der Waals surface area contributed by atoms with E-state index < -0.39 is 0 Å². The average Bonchev–Trinajstić information content (AvgIpc) is 3.19. The summed E-state index contributed by atoms with van der Waals surface area (Å²) in [6, 6.07) is 8.80. The van der Waals surface area contributed by atoms with Gasteiger partial charge in [-0.25, -0.2) is 0 Å². The molecular formula is C14H24N2O. The van der Waals surface area contributed by atoms with Crippen molar-refractivity contribution in [1.29, 1.82) is 0 Å². The predicted molar refractivity (Wildman–Crippen MR) is 74.4 cm³/mol. The lowest BCUT2D eigenvalue weighted by Crippen LogP contribution is -2.29. The largest absolute Gasteiger partial charge is 0.399 e. The summed E-state index contributed by atoms with van der Waals surface area (Å²) in [5, 5.41) is 0. The molecule has 3 nitrogen and oxygen atoms in total. The Bertz CT molecular complexity index is 307. The van der Waals surface area contributed by atoms with Crippen LogP contribution in [0.3, 0.4) is 0 Å². The van der Waals surface area contributed by atoms with Crippen molar-refractivity contribution in [3.63, 3.8) is 0 Å². The minimum absolute atomic E-state index is 0.712. The number of ether oxygens (including phenoxy) is 1. The van der Waals surface area contributed by atoms with Crippen LogP contribution in [0.15, 0.2) is 24.3 Å². The molecular weight excluding hydrogens is 212 g/mol. The molecule has 1 aliphatic rings. The summed E-state index contributed by atoms with van der Waals surface area (Å²) in [5.41, 5.74) is 7.75. The van der Waals surface area contributed by atoms with Gasteiger partial charge in [0, 0.05) is 31.1 Å². The number of nitrogen functional groups attached to an aromatic ring is 1. The molecule has 0 spiro atoms. The van der Waals surface area contributed by atoms with Gasteiger partial charge in [-0.3, -0.25) is 0 Å². The minimum Gasteiger partial charge on any atom is -0.399 e. The summed E-state index contributed by atoms with van der Waals surface area (Å²) in [7, 11) is 1.74. The van der Waals surface area contributed by atoms with Gasteiger partial charge in [-0.1, -0.05) is 13.8 Å². The van der Waals surface area contributed by atoms with Gasteiger partial charge in [0.15, 0.2) is 0 Å². The molecule has 0 saturated heterocycles. The fraction of sp³-hybridized carbons (Fsp3) is 0.571. The lowest BCUT2D eigenvalue weighted by molar-refractivity contribution is 0.205. The molecule has 1 aromatic rings. The molecule has 3 heteroatoms. The molecule has 2 rings (SSSR count). The Hall–Kier alpha value is -1.22. The number of anilines is 2. The minimum atomic E-state index is 0.712. The number of nitrogens with zero attached hydrogens (tertiary/aromatic N) is 1. The van der Waals surface area contributed by atoms with E-state index in [1.54, 1.807) is 7.11 Å². The first kappa shape index (κ1) is 13.8. The van der Waals surface area contributed by atoms with Crippen molar-refractivity contribution in [3.05, 3.63) is 24.3 Å². The smallest absolute Gasteiger partial charge is 0.0637 e. The van der Waals surface area contributed by atoms with Gasteiger partial charge in [0.05, 0.1) is 6.61 Å². The normalized spacial score (nSPS) is 13.8. The highest BCUT2D eigenvalue weighted by molar-refractivity contribution is 5.54. The van der Waals surface area contributed by atoms with Crippen LogP contribution >= 0.6 is 0 Å². The van der Waals surface area contributed by atoms with Crippen LogP contribution in [0.5, 0.6) is 0 Å². The molecule has 0 atom stereocenters. The van der Waals surface area contributed by atoms with Crippen LogP contribution in [0.25, 0.3) is 0 Å². The Morgan fingerprint density at radius 3 is 2.29 bits per heavy atom. The van der Waals surface area contributed by atoms with Crippen molar-refractivity contribution in [3.8, 4) is 0 Å². The molecule has 1 fully saturated rings. The fourth-order valence-electron chi connectivity index (χ4n) is 1.76. The number of rotatable bonds is 5. The van der Waals surface area contributed by atoms with Crippen LogP contribution in [0, 0.1) is 0 Å². The van der Waals surface area contributed by atoms with Gasteiger partial charge in [-0.2, -0.15) is 0 Å². The summed E-state index contributed by atoms with van der Waals surface area (Å²) in [6.45, 7) is 5.74. The number of hydrogen-bond acceptors (Lipinski definition) is 3. The summed E-state index contributed by atoms with van der Waals surface area (Å²) in [6.07, 6.45) is 2.60. The Balaban J connectivity index is 0.000000686. The second-order valence-corrected chi connectivity index (χ2v) is 4.01. The summed E-state index contributed by atoms with van der Waals surface area (Å²) in [4.78, 5) is 2.41. The highest BCUT2D eigenvalue weighted by atomic mass is 16.5. The maximum absolute atomic E-state index is 5.68. The zero-order valence-corrected chi connectivity index (χ0v) is 11.1. The van der Waals surface area contributed by atoms with Crippen LogP contribution in [-0.2, 0) is 4.74 Å². The number of methoxy groups -OCH3 is 1. The number of nitrogens with two attached hydrogens (primary N) is 1. The molecule has 0 bridgehead atoms. The molecule has 0 aliphatic heterocycles. The highest BCUT2D eigenvalue weighted by Crippen LogP contribution is 2.31. The zero-order chi connectivity index (χ0) is 12.7. The van der Waals surface area contributed by atoms with Gasteiger partial charge in [-0.15, -0.1) is 0 Å². The molecule has 0 heterocycles. The van der Waals surface area contributed by atoms with Gasteiger partial charge in [0.1, 0.15) is 0 Å². The van der Waals surface area contributed by atoms with Crippen molar-refractivity contribution in [2.75, 3.05) is 30.9 Å². The molecule has 96 valence electrons. The van der Waals surface area contributed by atoms with E-state index in [1.807, 2.05) is 26.0 Å². The first-order valence-electron chi connectivity index (χ1n) is 6.42. The third-order valence-corrected chi connectivity index (χ3v) is 2.75. The Morgan fingerprint density at radius 1 is 1.24 bits per heavy atom. The lowest BCUT2D eigenvalue weighted by Gasteiger charge is -2.24. The van der Waals surface area contributed by atoms with Crippen molar-refractivity contribution in [1.82, 2.24) is 0 Å². The van der Waals surface area contributed by atoms with Crippen molar-refractivity contribution >= 4 is 11.4 Å². The number of hydrogen-bond donors (Lipinski definition) is 1.